The number of benzene rings is 5. The SMILES string of the molecule is O=C(NCc1cccc(CNC(=O)Nc2ccc(OS(=O)(=O)Cc3ccccc3)cc2)c1)Nc1ccc(OS(=O)(=O)Cc2ccccc2)cc1. The summed E-state index contributed by atoms with van der Waals surface area (Å²) >= 11 is 0. The summed E-state index contributed by atoms with van der Waals surface area (Å²) in [5.41, 5.74) is 3.69. The number of nitrogens with one attached hydrogen (secondary N) is 4. The van der Waals surface area contributed by atoms with Crippen LogP contribution in [0.3, 0.4) is 0 Å². The zero-order chi connectivity index (χ0) is 35.4. The number of carbonyl (C=O) groups excluding carboxylic acids is 2. The van der Waals surface area contributed by atoms with E-state index in [0.717, 1.165) is 11.1 Å². The van der Waals surface area contributed by atoms with Crippen LogP contribution in [0.2, 0.25) is 0 Å². The van der Waals surface area contributed by atoms with Crippen LogP contribution in [-0.4, -0.2) is 28.9 Å². The molecule has 50 heavy (non-hydrogen) atoms. The summed E-state index contributed by atoms with van der Waals surface area (Å²) in [5.74, 6) is -0.277. The molecule has 14 heteroatoms. The van der Waals surface area contributed by atoms with E-state index in [2.05, 4.69) is 21.3 Å². The van der Waals surface area contributed by atoms with Gasteiger partial charge in [0.2, 0.25) is 0 Å². The first-order valence-corrected chi connectivity index (χ1v) is 18.5. The summed E-state index contributed by atoms with van der Waals surface area (Å²) < 4.78 is 59.8. The third-order valence-electron chi connectivity index (χ3n) is 6.94. The van der Waals surface area contributed by atoms with Crippen LogP contribution in [0.4, 0.5) is 21.0 Å². The Morgan fingerprint density at radius 1 is 0.460 bits per heavy atom. The van der Waals surface area contributed by atoms with Gasteiger partial charge in [-0.05, 0) is 70.8 Å². The smallest absolute Gasteiger partial charge is 0.319 e. The average molecular weight is 715 g/mol. The fraction of sp³-hybridized carbons (Fsp3) is 0.111. The van der Waals surface area contributed by atoms with Crippen molar-refractivity contribution in [2.75, 3.05) is 10.6 Å². The number of hydrogen-bond donors (Lipinski definition) is 4. The summed E-state index contributed by atoms with van der Waals surface area (Å²) in [4.78, 5) is 25.0. The molecular formula is C36H34N4O8S2. The highest BCUT2D eigenvalue weighted by atomic mass is 32.2. The van der Waals surface area contributed by atoms with Gasteiger partial charge in [-0.15, -0.1) is 0 Å². The first-order chi connectivity index (χ1) is 24.0. The van der Waals surface area contributed by atoms with E-state index in [0.29, 0.717) is 22.5 Å². The van der Waals surface area contributed by atoms with Crippen molar-refractivity contribution in [2.45, 2.75) is 24.6 Å². The van der Waals surface area contributed by atoms with E-state index in [1.807, 2.05) is 18.2 Å². The lowest BCUT2D eigenvalue weighted by Gasteiger charge is -2.11. The van der Waals surface area contributed by atoms with Crippen molar-refractivity contribution in [3.63, 3.8) is 0 Å². The molecule has 0 unspecified atom stereocenters. The molecule has 0 heterocycles. The van der Waals surface area contributed by atoms with Crippen LogP contribution in [0.5, 0.6) is 11.5 Å². The highest BCUT2D eigenvalue weighted by Crippen LogP contribution is 2.21. The Bertz CT molecular complexity index is 1960. The first kappa shape index (κ1) is 35.4. The number of anilines is 2. The molecule has 0 saturated heterocycles. The van der Waals surface area contributed by atoms with E-state index in [-0.39, 0.29) is 36.1 Å². The van der Waals surface area contributed by atoms with Crippen LogP contribution in [0, 0.1) is 0 Å². The normalized spacial score (nSPS) is 11.2. The quantitative estimate of drug-likeness (QED) is 0.0994. The lowest BCUT2D eigenvalue weighted by atomic mass is 10.1. The third-order valence-corrected chi connectivity index (χ3v) is 9.21. The van der Waals surface area contributed by atoms with Crippen LogP contribution in [0.15, 0.2) is 133 Å². The molecule has 4 N–H and O–H groups in total. The molecule has 0 aliphatic rings. The highest BCUT2D eigenvalue weighted by molar-refractivity contribution is 7.86. The van der Waals surface area contributed by atoms with Gasteiger partial charge in [-0.3, -0.25) is 0 Å². The maximum absolute atomic E-state index is 12.5. The van der Waals surface area contributed by atoms with Gasteiger partial charge in [-0.1, -0.05) is 84.9 Å². The molecule has 5 rings (SSSR count). The second kappa shape index (κ2) is 16.5. The van der Waals surface area contributed by atoms with Gasteiger partial charge in [0.25, 0.3) is 0 Å². The zero-order valence-electron chi connectivity index (χ0n) is 26.6. The van der Waals surface area contributed by atoms with Crippen molar-refractivity contribution in [2.24, 2.45) is 0 Å². The van der Waals surface area contributed by atoms with Crippen molar-refractivity contribution in [1.82, 2.24) is 10.6 Å². The summed E-state index contributed by atoms with van der Waals surface area (Å²) in [6.07, 6.45) is 0. The molecule has 0 aliphatic heterocycles. The molecule has 0 saturated carbocycles. The number of amides is 4. The Morgan fingerprint density at radius 2 is 0.820 bits per heavy atom. The predicted molar refractivity (Wildman–Crippen MR) is 190 cm³/mol. The molecule has 0 atom stereocenters. The second-order valence-electron chi connectivity index (χ2n) is 11.0. The summed E-state index contributed by atoms with van der Waals surface area (Å²) in [6, 6.07) is 35.7. The molecular weight excluding hydrogens is 681 g/mol. The average Bonchev–Trinajstić information content (AvgIpc) is 3.08. The van der Waals surface area contributed by atoms with Gasteiger partial charge in [0.05, 0.1) is 0 Å². The maximum atomic E-state index is 12.5. The molecule has 0 fully saturated rings. The van der Waals surface area contributed by atoms with Crippen molar-refractivity contribution < 1.29 is 34.8 Å². The zero-order valence-corrected chi connectivity index (χ0v) is 28.2. The van der Waals surface area contributed by atoms with Gasteiger partial charge in [0.15, 0.2) is 0 Å². The minimum atomic E-state index is -3.85. The largest absolute Gasteiger partial charge is 0.382 e. The molecule has 12 nitrogen and oxygen atoms in total. The number of hydrogen-bond acceptors (Lipinski definition) is 8. The van der Waals surface area contributed by atoms with Crippen molar-refractivity contribution >= 4 is 43.7 Å². The summed E-state index contributed by atoms with van der Waals surface area (Å²) in [7, 11) is -7.70. The van der Waals surface area contributed by atoms with Crippen LogP contribution < -0.4 is 29.6 Å². The Balaban J connectivity index is 1.03. The standard InChI is InChI=1S/C36H34N4O8S2/c41-35(39-31-14-18-33(19-15-31)47-49(43,44)25-27-8-3-1-4-9-27)37-23-29-12-7-13-30(22-29)24-38-36(42)40-32-16-20-34(21-17-32)48-50(45,46)26-28-10-5-2-6-11-28/h1-22H,23-26H2,(H2,37,39,41)(H2,38,40,42). The predicted octanol–water partition coefficient (Wildman–Crippen LogP) is 6.15. The van der Waals surface area contributed by atoms with E-state index in [1.165, 1.54) is 48.5 Å². The van der Waals surface area contributed by atoms with Gasteiger partial charge in [-0.2, -0.15) is 16.8 Å². The molecule has 0 bridgehead atoms. The van der Waals surface area contributed by atoms with Crippen molar-refractivity contribution in [3.05, 3.63) is 156 Å². The van der Waals surface area contributed by atoms with Crippen LogP contribution in [-0.2, 0) is 44.8 Å². The Kier molecular flexibility index (Phi) is 11.7. The lowest BCUT2D eigenvalue weighted by Crippen LogP contribution is -2.29. The van der Waals surface area contributed by atoms with Gasteiger partial charge >= 0.3 is 32.3 Å². The van der Waals surface area contributed by atoms with Gasteiger partial charge < -0.3 is 29.6 Å². The Labute approximate surface area is 290 Å². The summed E-state index contributed by atoms with van der Waals surface area (Å²) in [6.45, 7) is 0.417. The molecule has 258 valence electrons. The maximum Gasteiger partial charge on any atom is 0.319 e. The van der Waals surface area contributed by atoms with E-state index < -0.39 is 32.3 Å². The first-order valence-electron chi connectivity index (χ1n) is 15.3. The molecule has 0 aromatic heterocycles. The molecule has 0 aliphatic carbocycles. The van der Waals surface area contributed by atoms with Gasteiger partial charge in [-0.25, -0.2) is 9.59 Å². The Hall–Kier alpha value is -5.86. The van der Waals surface area contributed by atoms with Crippen molar-refractivity contribution in [1.29, 1.82) is 0 Å². The van der Waals surface area contributed by atoms with E-state index in [9.17, 15) is 26.4 Å². The second-order valence-corrected chi connectivity index (χ2v) is 14.2. The lowest BCUT2D eigenvalue weighted by molar-refractivity contribution is 0.251. The fourth-order valence-corrected chi connectivity index (χ4v) is 6.79. The van der Waals surface area contributed by atoms with Gasteiger partial charge in [0, 0.05) is 24.5 Å². The van der Waals surface area contributed by atoms with Gasteiger partial charge in [0.1, 0.15) is 23.0 Å². The van der Waals surface area contributed by atoms with E-state index in [1.54, 1.807) is 66.7 Å². The monoisotopic (exact) mass is 714 g/mol. The molecule has 4 amide bonds. The highest BCUT2D eigenvalue weighted by Gasteiger charge is 2.15. The molecule has 5 aromatic rings. The van der Waals surface area contributed by atoms with Crippen LogP contribution in [0.1, 0.15) is 22.3 Å². The van der Waals surface area contributed by atoms with Crippen LogP contribution in [0.25, 0.3) is 0 Å². The van der Waals surface area contributed by atoms with E-state index >= 15 is 0 Å². The van der Waals surface area contributed by atoms with E-state index in [4.69, 9.17) is 8.37 Å². The molecule has 0 spiro atoms. The fourth-order valence-electron chi connectivity index (χ4n) is 4.66. The topological polar surface area (TPSA) is 169 Å². The van der Waals surface area contributed by atoms with Crippen LogP contribution >= 0.6 is 0 Å². The molecule has 5 aromatic carbocycles. The molecule has 0 radical (unpaired) electrons. The minimum absolute atomic E-state index is 0.126. The number of rotatable bonds is 14. The van der Waals surface area contributed by atoms with Crippen molar-refractivity contribution in [3.8, 4) is 11.5 Å². The minimum Gasteiger partial charge on any atom is -0.382 e. The summed E-state index contributed by atoms with van der Waals surface area (Å²) in [5, 5.41) is 10.9. The third kappa shape index (κ3) is 11.7. The Morgan fingerprint density at radius 3 is 1.20 bits per heavy atom. The number of urea groups is 2. The number of carbonyl (C=O) groups is 2.